The van der Waals surface area contributed by atoms with E-state index in [0.29, 0.717) is 30.7 Å². The fourth-order valence-electron chi connectivity index (χ4n) is 1.87. The van der Waals surface area contributed by atoms with Crippen molar-refractivity contribution >= 4 is 5.97 Å². The molecule has 1 aromatic heterocycles. The third-order valence-electron chi connectivity index (χ3n) is 2.61. The van der Waals surface area contributed by atoms with Crippen molar-refractivity contribution in [2.24, 2.45) is 5.92 Å². The van der Waals surface area contributed by atoms with E-state index in [9.17, 15) is 4.79 Å². The van der Waals surface area contributed by atoms with Gasteiger partial charge in [-0.05, 0) is 12.3 Å². The molecule has 0 spiro atoms. The van der Waals surface area contributed by atoms with E-state index in [-0.39, 0.29) is 6.54 Å². The second-order valence-electron chi connectivity index (χ2n) is 5.17. The molecule has 0 aliphatic heterocycles. The fourth-order valence-corrected chi connectivity index (χ4v) is 1.87. The zero-order valence-electron chi connectivity index (χ0n) is 11.9. The van der Waals surface area contributed by atoms with E-state index in [0.717, 1.165) is 19.3 Å². The largest absolute Gasteiger partial charge is 0.480 e. The fraction of sp³-hybridized carbons (Fsp3) is 0.769. The SMILES string of the molecule is CCCCc1noc(CN(CC(=O)O)CC(C)C)n1. The van der Waals surface area contributed by atoms with Gasteiger partial charge in [0.25, 0.3) is 0 Å². The van der Waals surface area contributed by atoms with Crippen LogP contribution in [0.3, 0.4) is 0 Å². The van der Waals surface area contributed by atoms with Gasteiger partial charge >= 0.3 is 5.97 Å². The Labute approximate surface area is 113 Å². The molecule has 1 heterocycles. The standard InChI is InChI=1S/C13H23N3O3/c1-4-5-6-11-14-12(19-15-11)8-16(7-10(2)3)9-13(17)18/h10H,4-9H2,1-3H3,(H,17,18). The monoisotopic (exact) mass is 269 g/mol. The number of carbonyl (C=O) groups is 1. The van der Waals surface area contributed by atoms with Crippen LogP contribution in [0.4, 0.5) is 0 Å². The Balaban J connectivity index is 2.56. The van der Waals surface area contributed by atoms with Crippen molar-refractivity contribution in [1.82, 2.24) is 15.0 Å². The maximum Gasteiger partial charge on any atom is 0.317 e. The summed E-state index contributed by atoms with van der Waals surface area (Å²) in [4.78, 5) is 16.9. The van der Waals surface area contributed by atoms with Gasteiger partial charge in [0.15, 0.2) is 5.82 Å². The lowest BCUT2D eigenvalue weighted by Crippen LogP contribution is -2.32. The summed E-state index contributed by atoms with van der Waals surface area (Å²) in [6.45, 7) is 7.29. The molecule has 0 amide bonds. The summed E-state index contributed by atoms with van der Waals surface area (Å²) in [5.74, 6) is 0.748. The van der Waals surface area contributed by atoms with E-state index in [1.165, 1.54) is 0 Å². The summed E-state index contributed by atoms with van der Waals surface area (Å²) < 4.78 is 5.16. The molecule has 0 fully saturated rings. The van der Waals surface area contributed by atoms with Crippen molar-refractivity contribution in [3.63, 3.8) is 0 Å². The Morgan fingerprint density at radius 2 is 2.21 bits per heavy atom. The van der Waals surface area contributed by atoms with Crippen molar-refractivity contribution in [1.29, 1.82) is 0 Å². The highest BCUT2D eigenvalue weighted by atomic mass is 16.5. The van der Waals surface area contributed by atoms with Gasteiger partial charge in [-0.3, -0.25) is 9.69 Å². The van der Waals surface area contributed by atoms with E-state index < -0.39 is 5.97 Å². The molecule has 0 aromatic carbocycles. The van der Waals surface area contributed by atoms with E-state index in [2.05, 4.69) is 30.9 Å². The van der Waals surface area contributed by atoms with E-state index in [1.807, 2.05) is 4.90 Å². The number of aromatic nitrogens is 2. The first kappa shape index (κ1) is 15.6. The van der Waals surface area contributed by atoms with Crippen LogP contribution in [0.25, 0.3) is 0 Å². The summed E-state index contributed by atoms with van der Waals surface area (Å²) in [5, 5.41) is 12.8. The maximum absolute atomic E-state index is 10.8. The minimum absolute atomic E-state index is 0.00907. The molecule has 6 heteroatoms. The maximum atomic E-state index is 10.8. The zero-order chi connectivity index (χ0) is 14.3. The topological polar surface area (TPSA) is 79.5 Å². The van der Waals surface area contributed by atoms with Crippen LogP contribution >= 0.6 is 0 Å². The molecule has 0 radical (unpaired) electrons. The lowest BCUT2D eigenvalue weighted by molar-refractivity contribution is -0.138. The minimum atomic E-state index is -0.841. The van der Waals surface area contributed by atoms with Gasteiger partial charge in [-0.2, -0.15) is 4.98 Å². The normalized spacial score (nSPS) is 11.4. The number of aliphatic carboxylic acids is 1. The molecule has 0 aliphatic carbocycles. The number of rotatable bonds is 9. The summed E-state index contributed by atoms with van der Waals surface area (Å²) >= 11 is 0. The first-order valence-corrected chi connectivity index (χ1v) is 6.76. The van der Waals surface area contributed by atoms with Crippen LogP contribution in [-0.4, -0.2) is 39.2 Å². The van der Waals surface area contributed by atoms with Crippen molar-refractivity contribution in [3.05, 3.63) is 11.7 Å². The van der Waals surface area contributed by atoms with Crippen LogP contribution in [0.15, 0.2) is 4.52 Å². The second kappa shape index (κ2) is 7.89. The number of hydrogen-bond donors (Lipinski definition) is 1. The van der Waals surface area contributed by atoms with E-state index >= 15 is 0 Å². The van der Waals surface area contributed by atoms with Crippen LogP contribution in [0.5, 0.6) is 0 Å². The first-order chi connectivity index (χ1) is 9.01. The number of nitrogens with zero attached hydrogens (tertiary/aromatic N) is 3. The number of carboxylic acids is 1. The van der Waals surface area contributed by atoms with Crippen LogP contribution in [-0.2, 0) is 17.8 Å². The Kier molecular flexibility index (Phi) is 6.49. The quantitative estimate of drug-likeness (QED) is 0.738. The predicted molar refractivity (Wildman–Crippen MR) is 70.7 cm³/mol. The Bertz CT molecular complexity index is 390. The summed E-state index contributed by atoms with van der Waals surface area (Å²) in [6, 6.07) is 0. The minimum Gasteiger partial charge on any atom is -0.480 e. The van der Waals surface area contributed by atoms with Crippen LogP contribution in [0.2, 0.25) is 0 Å². The van der Waals surface area contributed by atoms with Crippen molar-refractivity contribution in [2.45, 2.75) is 46.6 Å². The van der Waals surface area contributed by atoms with Gasteiger partial charge in [-0.25, -0.2) is 0 Å². The van der Waals surface area contributed by atoms with Crippen LogP contribution in [0.1, 0.15) is 45.3 Å². The summed E-state index contributed by atoms with van der Waals surface area (Å²) in [7, 11) is 0. The third kappa shape index (κ3) is 6.33. The van der Waals surface area contributed by atoms with Gasteiger partial charge < -0.3 is 9.63 Å². The van der Waals surface area contributed by atoms with Crippen molar-refractivity contribution < 1.29 is 14.4 Å². The molecular weight excluding hydrogens is 246 g/mol. The van der Waals surface area contributed by atoms with Crippen LogP contribution < -0.4 is 0 Å². The Morgan fingerprint density at radius 1 is 1.47 bits per heavy atom. The molecule has 0 unspecified atom stereocenters. The van der Waals surface area contributed by atoms with Gasteiger partial charge in [-0.1, -0.05) is 32.3 Å². The summed E-state index contributed by atoms with van der Waals surface area (Å²) in [6.07, 6.45) is 2.93. The average Bonchev–Trinajstić information content (AvgIpc) is 2.72. The van der Waals surface area contributed by atoms with Gasteiger partial charge in [-0.15, -0.1) is 0 Å². The van der Waals surface area contributed by atoms with Crippen molar-refractivity contribution in [3.8, 4) is 0 Å². The number of carboxylic acid groups (broad SMARTS) is 1. The van der Waals surface area contributed by atoms with Gasteiger partial charge in [0.2, 0.25) is 5.89 Å². The lowest BCUT2D eigenvalue weighted by atomic mass is 10.2. The second-order valence-corrected chi connectivity index (χ2v) is 5.17. The van der Waals surface area contributed by atoms with Gasteiger partial charge in [0, 0.05) is 13.0 Å². The van der Waals surface area contributed by atoms with Crippen LogP contribution in [0, 0.1) is 5.92 Å². The van der Waals surface area contributed by atoms with E-state index in [4.69, 9.17) is 9.63 Å². The van der Waals surface area contributed by atoms with E-state index in [1.54, 1.807) is 0 Å². The Hall–Kier alpha value is -1.43. The number of aryl methyl sites for hydroxylation is 1. The molecule has 1 N–H and O–H groups in total. The highest BCUT2D eigenvalue weighted by Gasteiger charge is 2.15. The molecule has 1 aromatic rings. The molecule has 6 nitrogen and oxygen atoms in total. The Morgan fingerprint density at radius 3 is 2.79 bits per heavy atom. The molecule has 108 valence electrons. The molecule has 1 rings (SSSR count). The zero-order valence-corrected chi connectivity index (χ0v) is 11.9. The number of unbranched alkanes of at least 4 members (excludes halogenated alkanes) is 1. The molecule has 0 saturated heterocycles. The predicted octanol–water partition coefficient (Wildman–Crippen LogP) is 1.95. The summed E-state index contributed by atoms with van der Waals surface area (Å²) in [5.41, 5.74) is 0. The average molecular weight is 269 g/mol. The first-order valence-electron chi connectivity index (χ1n) is 6.76. The molecule has 0 saturated carbocycles. The molecular formula is C13H23N3O3. The number of hydrogen-bond acceptors (Lipinski definition) is 5. The van der Waals surface area contributed by atoms with Gasteiger partial charge in [0.05, 0.1) is 13.1 Å². The highest BCUT2D eigenvalue weighted by molar-refractivity contribution is 5.69. The van der Waals surface area contributed by atoms with Crippen molar-refractivity contribution in [2.75, 3.05) is 13.1 Å². The third-order valence-corrected chi connectivity index (χ3v) is 2.61. The highest BCUT2D eigenvalue weighted by Crippen LogP contribution is 2.07. The smallest absolute Gasteiger partial charge is 0.317 e. The molecule has 0 atom stereocenters. The van der Waals surface area contributed by atoms with Gasteiger partial charge in [0.1, 0.15) is 0 Å². The molecule has 0 bridgehead atoms. The molecule has 0 aliphatic rings. The lowest BCUT2D eigenvalue weighted by Gasteiger charge is -2.20. The molecule has 19 heavy (non-hydrogen) atoms.